The van der Waals surface area contributed by atoms with Gasteiger partial charge in [0.1, 0.15) is 5.75 Å². The molecule has 0 radical (unpaired) electrons. The maximum absolute atomic E-state index is 6.93. The standard InChI is InChI=1S/C40H60N2O8P3/c1-21-23(3)31(11)37-35(27(21)7)29(9)25(5)33(13)39(37)49-52(45-17,46-18)41-51(43-15,44-16)42-53(47-19,48-20)50-40-34(14)26(6)30(10)36-28(8)22(2)24(4)32(12)38(36)40/h1-20H3/q+1. The topological polar surface area (TPSA) is 98.6 Å². The molecule has 0 saturated carbocycles. The summed E-state index contributed by atoms with van der Waals surface area (Å²) < 4.78 is 60.5. The summed E-state index contributed by atoms with van der Waals surface area (Å²) in [7, 11) is -2.10. The molecule has 4 rings (SSSR count). The Bertz CT molecular complexity index is 2210. The molecule has 0 fully saturated rings. The van der Waals surface area contributed by atoms with Crippen molar-refractivity contribution < 1.29 is 36.2 Å². The number of benzene rings is 4. The number of nitrogens with zero attached hydrogens (tertiary/aromatic N) is 2. The van der Waals surface area contributed by atoms with E-state index < -0.39 is 23.5 Å². The summed E-state index contributed by atoms with van der Waals surface area (Å²) in [6.07, 6.45) is 0. The molecule has 0 aromatic heterocycles. The first kappa shape index (κ1) is 43.4. The Kier molecular flexibility index (Phi) is 13.1. The summed E-state index contributed by atoms with van der Waals surface area (Å²) in [6, 6.07) is 0. The van der Waals surface area contributed by atoms with Gasteiger partial charge in [0.25, 0.3) is 0 Å². The van der Waals surface area contributed by atoms with Crippen molar-refractivity contribution in [3.8, 4) is 11.5 Å². The van der Waals surface area contributed by atoms with Crippen LogP contribution in [-0.4, -0.2) is 42.7 Å². The van der Waals surface area contributed by atoms with Gasteiger partial charge in [0, 0.05) is 49.3 Å². The zero-order valence-electron chi connectivity index (χ0n) is 35.5. The Hall–Kier alpha value is -2.35. The average Bonchev–Trinajstić information content (AvgIpc) is 3.16. The van der Waals surface area contributed by atoms with E-state index in [1.165, 1.54) is 87.2 Å². The van der Waals surface area contributed by atoms with Crippen LogP contribution >= 0.6 is 23.5 Å². The highest BCUT2D eigenvalue weighted by molar-refractivity contribution is 7.72. The van der Waals surface area contributed by atoms with Crippen LogP contribution in [0.3, 0.4) is 0 Å². The van der Waals surface area contributed by atoms with Crippen molar-refractivity contribution in [2.75, 3.05) is 42.7 Å². The molecule has 0 aliphatic rings. The lowest BCUT2D eigenvalue weighted by atomic mass is 9.86. The van der Waals surface area contributed by atoms with Gasteiger partial charge < -0.3 is 13.6 Å². The molecule has 53 heavy (non-hydrogen) atoms. The van der Waals surface area contributed by atoms with Crippen LogP contribution in [-0.2, 0) is 27.1 Å². The fourth-order valence-corrected chi connectivity index (χ4v) is 14.2. The first-order chi connectivity index (χ1) is 24.7. The maximum atomic E-state index is 6.93. The van der Waals surface area contributed by atoms with Crippen LogP contribution in [0.4, 0.5) is 0 Å². The molecule has 0 aliphatic carbocycles. The van der Waals surface area contributed by atoms with Gasteiger partial charge in [-0.05, 0) is 180 Å². The largest absolute Gasteiger partial charge is 0.603 e. The Labute approximate surface area is 318 Å². The number of fused-ring (bicyclic) bond motifs is 2. The lowest BCUT2D eigenvalue weighted by Gasteiger charge is -2.28. The van der Waals surface area contributed by atoms with Crippen molar-refractivity contribution in [2.24, 2.45) is 9.03 Å². The van der Waals surface area contributed by atoms with Gasteiger partial charge in [0.15, 0.2) is 5.75 Å². The molecular weight excluding hydrogens is 729 g/mol. The molecule has 0 N–H and O–H groups in total. The third-order valence-corrected chi connectivity index (χ3v) is 19.0. The molecule has 0 unspecified atom stereocenters. The minimum atomic E-state index is -3.71. The quantitative estimate of drug-likeness (QED) is 0.131. The predicted octanol–water partition coefficient (Wildman–Crippen LogP) is 13.2. The highest BCUT2D eigenvalue weighted by Gasteiger charge is 2.52. The van der Waals surface area contributed by atoms with Crippen LogP contribution in [0, 0.1) is 96.9 Å². The third kappa shape index (κ3) is 7.14. The Balaban J connectivity index is 2.08. The van der Waals surface area contributed by atoms with Crippen LogP contribution in [0.5, 0.6) is 11.5 Å². The zero-order chi connectivity index (χ0) is 40.1. The summed E-state index contributed by atoms with van der Waals surface area (Å²) in [5, 5.41) is 4.26. The zero-order valence-corrected chi connectivity index (χ0v) is 38.2. The smallest absolute Gasteiger partial charge is 0.417 e. The van der Waals surface area contributed by atoms with Gasteiger partial charge in [-0.2, -0.15) is 9.05 Å². The van der Waals surface area contributed by atoms with Crippen molar-refractivity contribution in [3.63, 3.8) is 0 Å². The van der Waals surface area contributed by atoms with Crippen molar-refractivity contribution in [3.05, 3.63) is 77.9 Å². The van der Waals surface area contributed by atoms with Crippen molar-refractivity contribution in [2.45, 2.75) is 96.9 Å². The van der Waals surface area contributed by atoms with Crippen molar-refractivity contribution in [1.29, 1.82) is 0 Å². The second kappa shape index (κ2) is 16.0. The first-order valence-corrected chi connectivity index (χ1v) is 22.1. The lowest BCUT2D eigenvalue weighted by Crippen LogP contribution is -2.09. The van der Waals surface area contributed by atoms with E-state index in [2.05, 4.69) is 83.1 Å². The van der Waals surface area contributed by atoms with Gasteiger partial charge in [-0.3, -0.25) is 13.6 Å². The molecule has 292 valence electrons. The van der Waals surface area contributed by atoms with Gasteiger partial charge in [-0.25, -0.2) is 0 Å². The van der Waals surface area contributed by atoms with Gasteiger partial charge >= 0.3 is 23.5 Å². The average molecular weight is 790 g/mol. The van der Waals surface area contributed by atoms with E-state index in [0.717, 1.165) is 54.9 Å². The van der Waals surface area contributed by atoms with Gasteiger partial charge in [0.2, 0.25) is 0 Å². The molecule has 0 atom stereocenters. The monoisotopic (exact) mass is 789 g/mol. The Morgan fingerprint density at radius 3 is 1.04 bits per heavy atom. The molecule has 4 aromatic carbocycles. The second-order valence-corrected chi connectivity index (χ2v) is 20.6. The molecule has 0 saturated heterocycles. The normalized spacial score (nSPS) is 12.6. The minimum absolute atomic E-state index is 0.627. The summed E-state index contributed by atoms with van der Waals surface area (Å²) in [5.41, 5.74) is 16.1. The lowest BCUT2D eigenvalue weighted by molar-refractivity contribution is 0.246. The summed E-state index contributed by atoms with van der Waals surface area (Å²) >= 11 is 0. The number of aryl methyl sites for hydroxylation is 6. The molecule has 0 aliphatic heterocycles. The molecule has 0 spiro atoms. The summed E-state index contributed by atoms with van der Waals surface area (Å²) in [5.74, 6) is 1.25. The molecule has 4 aromatic rings. The number of hydrogen-bond donors (Lipinski definition) is 0. The SMILES string of the molecule is COP(=N[P+](OC)(OC)Oc1c(C)c(C)c(C)c2c(C)c(C)c(C)c(C)c12)(N=P(OC)(OC)Oc1c(C)c(C)c(C)c2c(C)c(C)c(C)c(C)c12)OC. The second-order valence-electron chi connectivity index (χ2n) is 13.8. The number of rotatable bonds is 12. The molecule has 0 heterocycles. The van der Waals surface area contributed by atoms with E-state index in [4.69, 9.17) is 45.2 Å². The van der Waals surface area contributed by atoms with E-state index in [-0.39, 0.29) is 0 Å². The highest BCUT2D eigenvalue weighted by Crippen LogP contribution is 2.75. The molecular formula is C40H60N2O8P3+. The molecule has 10 nitrogen and oxygen atoms in total. The van der Waals surface area contributed by atoms with E-state index in [9.17, 15) is 0 Å². The Morgan fingerprint density at radius 2 is 0.698 bits per heavy atom. The molecule has 0 bridgehead atoms. The molecule has 13 heteroatoms. The van der Waals surface area contributed by atoms with Crippen LogP contribution < -0.4 is 9.05 Å². The van der Waals surface area contributed by atoms with Crippen LogP contribution in [0.1, 0.15) is 77.9 Å². The van der Waals surface area contributed by atoms with Crippen LogP contribution in [0.15, 0.2) is 9.03 Å². The third-order valence-electron chi connectivity index (χ3n) is 11.8. The van der Waals surface area contributed by atoms with Gasteiger partial charge in [-0.1, -0.05) is 0 Å². The Morgan fingerprint density at radius 1 is 0.377 bits per heavy atom. The van der Waals surface area contributed by atoms with E-state index in [1.54, 1.807) is 0 Å². The first-order valence-electron chi connectivity index (χ1n) is 17.6. The fourth-order valence-electron chi connectivity index (χ4n) is 7.24. The van der Waals surface area contributed by atoms with Gasteiger partial charge in [-0.15, -0.1) is 4.52 Å². The van der Waals surface area contributed by atoms with E-state index in [1.807, 2.05) is 13.8 Å². The van der Waals surface area contributed by atoms with Crippen LogP contribution in [0.2, 0.25) is 0 Å². The predicted molar refractivity (Wildman–Crippen MR) is 223 cm³/mol. The van der Waals surface area contributed by atoms with E-state index in [0.29, 0.717) is 11.5 Å². The highest BCUT2D eigenvalue weighted by atomic mass is 31.3. The van der Waals surface area contributed by atoms with E-state index >= 15 is 0 Å². The minimum Gasteiger partial charge on any atom is -0.417 e. The summed E-state index contributed by atoms with van der Waals surface area (Å²) in [4.78, 5) is 0. The summed E-state index contributed by atoms with van der Waals surface area (Å²) in [6.45, 7) is 29.8. The number of hydrogen-bond acceptors (Lipinski definition) is 9. The molecule has 0 amide bonds. The maximum Gasteiger partial charge on any atom is 0.603 e. The van der Waals surface area contributed by atoms with Crippen molar-refractivity contribution in [1.82, 2.24) is 0 Å². The fraction of sp³-hybridized carbons (Fsp3) is 0.500. The van der Waals surface area contributed by atoms with Crippen molar-refractivity contribution >= 4 is 45.0 Å². The van der Waals surface area contributed by atoms with Crippen LogP contribution in [0.25, 0.3) is 21.5 Å². The van der Waals surface area contributed by atoms with Gasteiger partial charge in [0.05, 0.1) is 14.2 Å².